The van der Waals surface area contributed by atoms with E-state index in [-0.39, 0.29) is 35.2 Å². The van der Waals surface area contributed by atoms with Gasteiger partial charge in [0.25, 0.3) is 5.91 Å². The number of Topliss-reactive ketones (excluding diaryl/α,β-unsaturated/α-hetero) is 1. The molecule has 2 fully saturated rings. The molecule has 0 spiro atoms. The molecule has 6 nitrogen and oxygen atoms in total. The quantitative estimate of drug-likeness (QED) is 0.548. The highest BCUT2D eigenvalue weighted by Gasteiger charge is 2.40. The largest absolute Gasteiger partial charge is 0.511 e. The zero-order valence-electron chi connectivity index (χ0n) is 14.7. The molecule has 1 aromatic rings. The Hall–Kier alpha value is -2.34. The van der Waals surface area contributed by atoms with Gasteiger partial charge in [-0.15, -0.1) is 0 Å². The van der Waals surface area contributed by atoms with E-state index < -0.39 is 11.9 Å². The average molecular weight is 357 g/mol. The van der Waals surface area contributed by atoms with E-state index >= 15 is 0 Å². The number of amides is 1. The molecule has 138 valence electrons. The number of hydrogen-bond acceptors (Lipinski definition) is 5. The molecule has 1 aromatic carbocycles. The maximum atomic E-state index is 12.6. The summed E-state index contributed by atoms with van der Waals surface area (Å²) >= 11 is 0. The van der Waals surface area contributed by atoms with Crippen LogP contribution in [-0.2, 0) is 20.7 Å². The number of nitrogens with one attached hydrogen (secondary N) is 1. The van der Waals surface area contributed by atoms with E-state index in [4.69, 9.17) is 9.47 Å². The molecule has 2 saturated heterocycles. The third-order valence-corrected chi connectivity index (χ3v) is 5.41. The van der Waals surface area contributed by atoms with Gasteiger partial charge in [-0.25, -0.2) is 0 Å². The van der Waals surface area contributed by atoms with Gasteiger partial charge in [-0.2, -0.15) is 0 Å². The van der Waals surface area contributed by atoms with Crippen molar-refractivity contribution in [3.8, 4) is 5.75 Å². The summed E-state index contributed by atoms with van der Waals surface area (Å²) in [4.78, 5) is 24.9. The van der Waals surface area contributed by atoms with E-state index in [1.54, 1.807) is 0 Å². The molecule has 0 aromatic heterocycles. The second kappa shape index (κ2) is 6.76. The summed E-state index contributed by atoms with van der Waals surface area (Å²) in [7, 11) is 0. The van der Waals surface area contributed by atoms with Gasteiger partial charge in [0.1, 0.15) is 29.8 Å². The highest BCUT2D eigenvalue weighted by Crippen LogP contribution is 2.31. The number of benzene rings is 1. The van der Waals surface area contributed by atoms with Crippen LogP contribution in [-0.4, -0.2) is 41.7 Å². The van der Waals surface area contributed by atoms with Crippen molar-refractivity contribution in [3.05, 3.63) is 41.2 Å². The van der Waals surface area contributed by atoms with Crippen LogP contribution in [0.15, 0.2) is 35.6 Å². The van der Waals surface area contributed by atoms with Crippen LogP contribution < -0.4 is 10.1 Å². The van der Waals surface area contributed by atoms with Gasteiger partial charge in [-0.05, 0) is 30.5 Å². The van der Waals surface area contributed by atoms with E-state index in [1.165, 1.54) is 0 Å². The van der Waals surface area contributed by atoms with E-state index in [9.17, 15) is 14.7 Å². The molecule has 4 bridgehead atoms. The fourth-order valence-corrected chi connectivity index (χ4v) is 3.69. The van der Waals surface area contributed by atoms with Gasteiger partial charge >= 0.3 is 0 Å². The fourth-order valence-electron chi connectivity index (χ4n) is 3.69. The third-order valence-electron chi connectivity index (χ3n) is 5.41. The first-order valence-electron chi connectivity index (χ1n) is 9.18. The number of rotatable bonds is 0. The van der Waals surface area contributed by atoms with Crippen molar-refractivity contribution in [1.82, 2.24) is 5.32 Å². The smallest absolute Gasteiger partial charge is 0.259 e. The predicted molar refractivity (Wildman–Crippen MR) is 93.9 cm³/mol. The Balaban J connectivity index is 1.60. The normalized spacial score (nSPS) is 31.9. The van der Waals surface area contributed by atoms with Crippen LogP contribution in [0.5, 0.6) is 5.75 Å². The van der Waals surface area contributed by atoms with Gasteiger partial charge < -0.3 is 19.9 Å². The summed E-state index contributed by atoms with van der Waals surface area (Å²) in [5.74, 6) is -0.362. The summed E-state index contributed by atoms with van der Waals surface area (Å²) < 4.78 is 11.4. The van der Waals surface area contributed by atoms with Crippen LogP contribution in [0.4, 0.5) is 0 Å². The maximum Gasteiger partial charge on any atom is 0.259 e. The van der Waals surface area contributed by atoms with E-state index in [0.717, 1.165) is 24.2 Å². The second-order valence-corrected chi connectivity index (χ2v) is 7.35. The number of fused-ring (bicyclic) bond motifs is 7. The Morgan fingerprint density at radius 2 is 1.88 bits per heavy atom. The Labute approximate surface area is 152 Å². The zero-order chi connectivity index (χ0) is 18.3. The van der Waals surface area contributed by atoms with Gasteiger partial charge in [0, 0.05) is 12.3 Å². The highest BCUT2D eigenvalue weighted by molar-refractivity contribution is 6.26. The monoisotopic (exact) mass is 357 g/mol. The Morgan fingerprint density at radius 3 is 2.65 bits per heavy atom. The molecule has 0 radical (unpaired) electrons. The summed E-state index contributed by atoms with van der Waals surface area (Å²) in [6.45, 7) is 2.38. The molecular weight excluding hydrogens is 334 g/mol. The average Bonchev–Trinajstić information content (AvgIpc) is 3.31. The molecular formula is C20H23NO5. The van der Waals surface area contributed by atoms with Crippen LogP contribution >= 0.6 is 0 Å². The number of ether oxygens (including phenoxy) is 2. The number of carbonyl (C=O) groups is 2. The lowest BCUT2D eigenvalue weighted by Crippen LogP contribution is -2.31. The molecule has 6 heteroatoms. The minimum absolute atomic E-state index is 0.0766. The SMILES string of the molecule is C[C@@H]1CCC[C@@H]2O[C@H]2COc2ccc(cc2)C[C@@H]2NC(=O)C(=C1O)C2=O. The first-order valence-corrected chi connectivity index (χ1v) is 9.18. The van der Waals surface area contributed by atoms with Crippen molar-refractivity contribution in [1.29, 1.82) is 0 Å². The van der Waals surface area contributed by atoms with Crippen LogP contribution in [0.3, 0.4) is 0 Å². The zero-order valence-corrected chi connectivity index (χ0v) is 14.7. The van der Waals surface area contributed by atoms with Crippen LogP contribution in [0.2, 0.25) is 0 Å². The van der Waals surface area contributed by atoms with Crippen molar-refractivity contribution >= 4 is 11.7 Å². The molecule has 2 N–H and O–H groups in total. The molecule has 1 amide bonds. The summed E-state index contributed by atoms with van der Waals surface area (Å²) in [6.07, 6.45) is 3.13. The molecule has 4 aliphatic rings. The van der Waals surface area contributed by atoms with Crippen molar-refractivity contribution in [3.63, 3.8) is 0 Å². The molecule has 0 unspecified atom stereocenters. The predicted octanol–water partition coefficient (Wildman–Crippen LogP) is 2.07. The first kappa shape index (κ1) is 17.1. The Kier molecular flexibility index (Phi) is 4.44. The van der Waals surface area contributed by atoms with Gasteiger partial charge in [0.05, 0.1) is 12.1 Å². The number of aliphatic hydroxyl groups excluding tert-OH is 1. The van der Waals surface area contributed by atoms with Crippen LogP contribution in [0.1, 0.15) is 31.7 Å². The van der Waals surface area contributed by atoms with E-state index in [2.05, 4.69) is 5.32 Å². The Morgan fingerprint density at radius 1 is 1.12 bits per heavy atom. The molecule has 0 saturated carbocycles. The Bertz CT molecular complexity index is 754. The summed E-state index contributed by atoms with van der Waals surface area (Å²) in [6, 6.07) is 6.88. The molecule has 26 heavy (non-hydrogen) atoms. The van der Waals surface area contributed by atoms with E-state index in [1.807, 2.05) is 31.2 Å². The minimum Gasteiger partial charge on any atom is -0.511 e. The van der Waals surface area contributed by atoms with Gasteiger partial charge in [-0.1, -0.05) is 25.5 Å². The van der Waals surface area contributed by atoms with Gasteiger partial charge in [0.2, 0.25) is 0 Å². The summed E-state index contributed by atoms with van der Waals surface area (Å²) in [5, 5.41) is 13.2. The maximum absolute atomic E-state index is 12.6. The van der Waals surface area contributed by atoms with Crippen molar-refractivity contribution in [2.24, 2.45) is 5.92 Å². The van der Waals surface area contributed by atoms with Gasteiger partial charge in [-0.3, -0.25) is 9.59 Å². The summed E-state index contributed by atoms with van der Waals surface area (Å²) in [5.41, 5.74) is 0.849. The number of aliphatic hydroxyl groups is 1. The van der Waals surface area contributed by atoms with Gasteiger partial charge in [0.15, 0.2) is 5.78 Å². The van der Waals surface area contributed by atoms with Crippen molar-refractivity contribution in [2.45, 2.75) is 50.9 Å². The minimum atomic E-state index is -0.629. The lowest BCUT2D eigenvalue weighted by atomic mass is 9.94. The van der Waals surface area contributed by atoms with Crippen LogP contribution in [0.25, 0.3) is 0 Å². The number of allylic oxidation sites excluding steroid dienone is 1. The number of ketones is 1. The molecule has 4 heterocycles. The molecule has 4 aliphatic heterocycles. The number of carbonyl (C=O) groups excluding carboxylic acids is 2. The fraction of sp³-hybridized carbons (Fsp3) is 0.500. The lowest BCUT2D eigenvalue weighted by molar-refractivity contribution is -0.117. The highest BCUT2D eigenvalue weighted by atomic mass is 16.6. The standard InChI is InChI=1S/C20H23NO5/c1-11-3-2-4-15-16(26-15)10-25-13-7-5-12(6-8-13)9-14-19(23)17(18(11)22)20(24)21-14/h5-8,11,14-16,22H,2-4,9-10H2,1H3,(H,21,24)/t11-,14+,15+,16+/m1/s1. The van der Waals surface area contributed by atoms with Crippen molar-refractivity contribution < 1.29 is 24.2 Å². The molecule has 4 atom stereocenters. The second-order valence-electron chi connectivity index (χ2n) is 7.35. The number of epoxide rings is 1. The molecule has 5 rings (SSSR count). The third kappa shape index (κ3) is 3.33. The first-order chi connectivity index (χ1) is 12.5. The van der Waals surface area contributed by atoms with E-state index in [0.29, 0.717) is 19.4 Å². The molecule has 0 aliphatic carbocycles. The lowest BCUT2D eigenvalue weighted by Gasteiger charge is -2.12. The number of hydrogen-bond donors (Lipinski definition) is 2. The topological polar surface area (TPSA) is 88.2 Å². The van der Waals surface area contributed by atoms with Crippen LogP contribution in [0, 0.1) is 5.92 Å². The van der Waals surface area contributed by atoms with Crippen molar-refractivity contribution in [2.75, 3.05) is 6.61 Å².